The predicted octanol–water partition coefficient (Wildman–Crippen LogP) is 3.93. The number of para-hydroxylation sites is 1. The van der Waals surface area contributed by atoms with Gasteiger partial charge in [-0.15, -0.1) is 0 Å². The molecule has 0 spiro atoms. The fraction of sp³-hybridized carbons (Fsp3) is 0.375. The fourth-order valence-corrected chi connectivity index (χ4v) is 4.23. The smallest absolute Gasteiger partial charge is 0.272 e. The standard InChI is InChI=1S/C24H28ClN5O2/c1-16(2)29-13-11-19(12-14-29)27-24(32)23-20-5-3-4-6-21(20)30(28-23)15-22(31)26-18-9-7-17(25)8-10-18/h3-10,16,19H,11-15H2,1-2H3,(H,26,31)(H,27,32). The summed E-state index contributed by atoms with van der Waals surface area (Å²) < 4.78 is 1.58. The minimum atomic E-state index is -0.228. The molecule has 0 unspecified atom stereocenters. The molecule has 7 nitrogen and oxygen atoms in total. The second-order valence-electron chi connectivity index (χ2n) is 8.46. The number of carbonyl (C=O) groups is 2. The summed E-state index contributed by atoms with van der Waals surface area (Å²) in [6.45, 7) is 6.34. The van der Waals surface area contributed by atoms with E-state index in [-0.39, 0.29) is 24.4 Å². The number of carbonyl (C=O) groups excluding carboxylic acids is 2. The number of nitrogens with zero attached hydrogens (tertiary/aromatic N) is 3. The lowest BCUT2D eigenvalue weighted by Gasteiger charge is -2.34. The molecule has 1 aliphatic heterocycles. The van der Waals surface area contributed by atoms with Crippen LogP contribution in [0, 0.1) is 0 Å². The molecular weight excluding hydrogens is 426 g/mol. The largest absolute Gasteiger partial charge is 0.348 e. The maximum atomic E-state index is 13.1. The van der Waals surface area contributed by atoms with E-state index in [1.165, 1.54) is 0 Å². The summed E-state index contributed by atoms with van der Waals surface area (Å²) in [7, 11) is 0. The van der Waals surface area contributed by atoms with Crippen LogP contribution in [0.3, 0.4) is 0 Å². The third-order valence-electron chi connectivity index (χ3n) is 5.89. The van der Waals surface area contributed by atoms with Crippen molar-refractivity contribution in [1.29, 1.82) is 0 Å². The Kier molecular flexibility index (Phi) is 6.77. The highest BCUT2D eigenvalue weighted by atomic mass is 35.5. The summed E-state index contributed by atoms with van der Waals surface area (Å²) in [5.74, 6) is -0.422. The monoisotopic (exact) mass is 453 g/mol. The van der Waals surface area contributed by atoms with Crippen molar-refractivity contribution in [3.63, 3.8) is 0 Å². The normalized spacial score (nSPS) is 15.2. The highest BCUT2D eigenvalue weighted by Crippen LogP contribution is 2.20. The summed E-state index contributed by atoms with van der Waals surface area (Å²) in [5, 5.41) is 11.8. The van der Waals surface area contributed by atoms with Gasteiger partial charge >= 0.3 is 0 Å². The number of anilines is 1. The Hall–Kier alpha value is -2.90. The number of nitrogens with one attached hydrogen (secondary N) is 2. The highest BCUT2D eigenvalue weighted by Gasteiger charge is 2.25. The number of hydrogen-bond donors (Lipinski definition) is 2. The zero-order valence-electron chi connectivity index (χ0n) is 18.3. The summed E-state index contributed by atoms with van der Waals surface area (Å²) in [4.78, 5) is 28.1. The van der Waals surface area contributed by atoms with Crippen molar-refractivity contribution in [2.45, 2.75) is 45.3 Å². The summed E-state index contributed by atoms with van der Waals surface area (Å²) >= 11 is 5.90. The third kappa shape index (κ3) is 5.11. The van der Waals surface area contributed by atoms with Crippen molar-refractivity contribution in [2.24, 2.45) is 0 Å². The first-order valence-corrected chi connectivity index (χ1v) is 11.3. The van der Waals surface area contributed by atoms with Gasteiger partial charge in [0, 0.05) is 41.3 Å². The number of amides is 2. The molecule has 32 heavy (non-hydrogen) atoms. The molecule has 0 radical (unpaired) electrons. The Labute approximate surface area is 192 Å². The molecule has 2 aromatic carbocycles. The highest BCUT2D eigenvalue weighted by molar-refractivity contribution is 6.30. The first-order chi connectivity index (χ1) is 15.4. The lowest BCUT2D eigenvalue weighted by atomic mass is 10.0. The van der Waals surface area contributed by atoms with E-state index in [9.17, 15) is 9.59 Å². The van der Waals surface area contributed by atoms with Crippen molar-refractivity contribution < 1.29 is 9.59 Å². The van der Waals surface area contributed by atoms with E-state index < -0.39 is 0 Å². The molecule has 0 bridgehead atoms. The van der Waals surface area contributed by atoms with E-state index in [2.05, 4.69) is 34.5 Å². The van der Waals surface area contributed by atoms with Gasteiger partial charge in [0.25, 0.3) is 5.91 Å². The second-order valence-corrected chi connectivity index (χ2v) is 8.89. The predicted molar refractivity (Wildman–Crippen MR) is 127 cm³/mol. The van der Waals surface area contributed by atoms with Gasteiger partial charge in [0.05, 0.1) is 5.52 Å². The van der Waals surface area contributed by atoms with Gasteiger partial charge in [-0.25, -0.2) is 0 Å². The molecule has 2 amide bonds. The average molecular weight is 454 g/mol. The Bertz CT molecular complexity index is 1100. The average Bonchev–Trinajstić information content (AvgIpc) is 3.14. The number of rotatable bonds is 6. The molecule has 168 valence electrons. The number of halogens is 1. The van der Waals surface area contributed by atoms with Gasteiger partial charge in [-0.05, 0) is 57.0 Å². The van der Waals surface area contributed by atoms with Crippen LogP contribution in [0.4, 0.5) is 5.69 Å². The van der Waals surface area contributed by atoms with Crippen LogP contribution >= 0.6 is 11.6 Å². The molecule has 1 saturated heterocycles. The van der Waals surface area contributed by atoms with E-state index in [1.54, 1.807) is 28.9 Å². The first-order valence-electron chi connectivity index (χ1n) is 11.0. The zero-order chi connectivity index (χ0) is 22.7. The number of benzene rings is 2. The van der Waals surface area contributed by atoms with E-state index >= 15 is 0 Å². The Morgan fingerprint density at radius 3 is 2.47 bits per heavy atom. The van der Waals surface area contributed by atoms with Crippen LogP contribution in [0.5, 0.6) is 0 Å². The summed E-state index contributed by atoms with van der Waals surface area (Å²) in [5.41, 5.74) is 1.76. The maximum Gasteiger partial charge on any atom is 0.272 e. The van der Waals surface area contributed by atoms with E-state index in [1.807, 2.05) is 24.3 Å². The van der Waals surface area contributed by atoms with Crippen LogP contribution in [-0.4, -0.2) is 51.7 Å². The lowest BCUT2D eigenvalue weighted by Crippen LogP contribution is -2.46. The van der Waals surface area contributed by atoms with Gasteiger partial charge in [-0.2, -0.15) is 5.10 Å². The molecule has 8 heteroatoms. The second kappa shape index (κ2) is 9.71. The van der Waals surface area contributed by atoms with Gasteiger partial charge in [-0.3, -0.25) is 14.3 Å². The number of likely N-dealkylation sites (tertiary alicyclic amines) is 1. The molecule has 1 fully saturated rings. The van der Waals surface area contributed by atoms with Crippen LogP contribution in [0.15, 0.2) is 48.5 Å². The van der Waals surface area contributed by atoms with Gasteiger partial charge in [0.2, 0.25) is 5.91 Å². The van der Waals surface area contributed by atoms with Crippen molar-refractivity contribution in [2.75, 3.05) is 18.4 Å². The van der Waals surface area contributed by atoms with Gasteiger partial charge < -0.3 is 15.5 Å². The Morgan fingerprint density at radius 1 is 1.09 bits per heavy atom. The minimum absolute atomic E-state index is 0.00317. The maximum absolute atomic E-state index is 13.1. The van der Waals surface area contributed by atoms with Crippen LogP contribution in [-0.2, 0) is 11.3 Å². The topological polar surface area (TPSA) is 79.3 Å². The zero-order valence-corrected chi connectivity index (χ0v) is 19.1. The number of hydrogen-bond acceptors (Lipinski definition) is 4. The number of fused-ring (bicyclic) bond motifs is 1. The molecule has 2 heterocycles. The Morgan fingerprint density at radius 2 is 1.78 bits per heavy atom. The van der Waals surface area contributed by atoms with Crippen molar-refractivity contribution in [1.82, 2.24) is 20.0 Å². The molecule has 0 saturated carbocycles. The quantitative estimate of drug-likeness (QED) is 0.592. The van der Waals surface area contributed by atoms with Crippen LogP contribution in [0.25, 0.3) is 10.9 Å². The first kappa shape index (κ1) is 22.3. The number of piperidine rings is 1. The summed E-state index contributed by atoms with van der Waals surface area (Å²) in [6.07, 6.45) is 1.85. The van der Waals surface area contributed by atoms with Crippen LogP contribution in [0.2, 0.25) is 5.02 Å². The lowest BCUT2D eigenvalue weighted by molar-refractivity contribution is -0.116. The fourth-order valence-electron chi connectivity index (χ4n) is 4.10. The van der Waals surface area contributed by atoms with E-state index in [0.29, 0.717) is 22.4 Å². The van der Waals surface area contributed by atoms with Crippen molar-refractivity contribution in [3.8, 4) is 0 Å². The third-order valence-corrected chi connectivity index (χ3v) is 6.14. The van der Waals surface area contributed by atoms with E-state index in [0.717, 1.165) is 36.8 Å². The minimum Gasteiger partial charge on any atom is -0.348 e. The van der Waals surface area contributed by atoms with Gasteiger partial charge in [0.1, 0.15) is 6.54 Å². The number of aromatic nitrogens is 2. The molecule has 1 aromatic heterocycles. The molecule has 3 aromatic rings. The molecule has 0 aliphatic carbocycles. The van der Waals surface area contributed by atoms with E-state index in [4.69, 9.17) is 11.6 Å². The van der Waals surface area contributed by atoms with Gasteiger partial charge in [0.15, 0.2) is 5.69 Å². The van der Waals surface area contributed by atoms with Crippen molar-refractivity contribution in [3.05, 3.63) is 59.2 Å². The Balaban J connectivity index is 1.47. The SMILES string of the molecule is CC(C)N1CCC(NC(=O)c2nn(CC(=O)Nc3ccc(Cl)cc3)c3ccccc23)CC1. The van der Waals surface area contributed by atoms with Gasteiger partial charge in [-0.1, -0.05) is 29.8 Å². The molecule has 4 rings (SSSR count). The summed E-state index contributed by atoms with van der Waals surface area (Å²) in [6, 6.07) is 15.1. The molecule has 1 aliphatic rings. The van der Waals surface area contributed by atoms with Crippen molar-refractivity contribution >= 4 is 40.0 Å². The molecule has 0 atom stereocenters. The molecule has 2 N–H and O–H groups in total. The van der Waals surface area contributed by atoms with Crippen LogP contribution < -0.4 is 10.6 Å². The van der Waals surface area contributed by atoms with Crippen LogP contribution in [0.1, 0.15) is 37.2 Å². The molecular formula is C24H28ClN5O2.